The van der Waals surface area contributed by atoms with E-state index in [1.54, 1.807) is 11.9 Å². The summed E-state index contributed by atoms with van der Waals surface area (Å²) in [5.41, 5.74) is 5.73. The minimum absolute atomic E-state index is 0.628. The first-order chi connectivity index (χ1) is 13.8. The minimum Gasteiger partial charge on any atom is -0.480 e. The van der Waals surface area contributed by atoms with E-state index in [2.05, 4.69) is 0 Å². The minimum atomic E-state index is 0.628. The van der Waals surface area contributed by atoms with Gasteiger partial charge in [0.15, 0.2) is 0 Å². The molecule has 1 heterocycles. The topological polar surface area (TPSA) is 39.4 Å². The summed E-state index contributed by atoms with van der Waals surface area (Å²) in [4.78, 5) is 1.59. The van der Waals surface area contributed by atoms with Gasteiger partial charge in [0, 0.05) is 22.3 Å². The highest BCUT2D eigenvalue weighted by Crippen LogP contribution is 2.29. The molecule has 0 aliphatic rings. The van der Waals surface area contributed by atoms with E-state index in [1.165, 1.54) is 0 Å². The molecule has 0 saturated carbocycles. The van der Waals surface area contributed by atoms with Crippen LogP contribution in [-0.2, 0) is 0 Å². The summed E-state index contributed by atoms with van der Waals surface area (Å²) in [6.45, 7) is 2.00. The van der Waals surface area contributed by atoms with Crippen molar-refractivity contribution in [2.45, 2.75) is 6.92 Å². The predicted molar refractivity (Wildman–Crippen MR) is 113 cm³/mol. The second kappa shape index (κ2) is 7.92. The van der Waals surface area contributed by atoms with Crippen molar-refractivity contribution in [1.82, 2.24) is 9.89 Å². The molecule has 0 aliphatic carbocycles. The van der Waals surface area contributed by atoms with Gasteiger partial charge in [-0.2, -0.15) is 0 Å². The fourth-order valence-electron chi connectivity index (χ4n) is 3.21. The maximum atomic E-state index is 5.64. The van der Waals surface area contributed by atoms with E-state index < -0.39 is 0 Å². The van der Waals surface area contributed by atoms with Crippen molar-refractivity contribution in [3.8, 4) is 17.1 Å². The lowest BCUT2D eigenvalue weighted by molar-refractivity contribution is 0.369. The molecule has 4 nitrogen and oxygen atoms in total. The molecule has 0 radical (unpaired) electrons. The SMILES string of the molecule is COc1c(C)c(-c2ccccc2)nn1N=C(c1ccccc1)c1ccccc1. The number of rotatable bonds is 5. The van der Waals surface area contributed by atoms with Gasteiger partial charge >= 0.3 is 0 Å². The Morgan fingerprint density at radius 2 is 1.29 bits per heavy atom. The molecule has 138 valence electrons. The van der Waals surface area contributed by atoms with Crippen molar-refractivity contribution in [3.05, 3.63) is 108 Å². The van der Waals surface area contributed by atoms with Crippen molar-refractivity contribution in [2.24, 2.45) is 5.10 Å². The first-order valence-corrected chi connectivity index (χ1v) is 9.17. The normalized spacial score (nSPS) is 10.5. The molecule has 28 heavy (non-hydrogen) atoms. The quantitative estimate of drug-likeness (QED) is 0.457. The smallest absolute Gasteiger partial charge is 0.238 e. The molecule has 3 aromatic carbocycles. The van der Waals surface area contributed by atoms with Gasteiger partial charge in [-0.15, -0.1) is 15.0 Å². The molecule has 4 aromatic rings. The number of aromatic nitrogens is 2. The van der Waals surface area contributed by atoms with Crippen LogP contribution in [0.15, 0.2) is 96.1 Å². The molecule has 0 amide bonds. The third-order valence-corrected chi connectivity index (χ3v) is 4.58. The first kappa shape index (κ1) is 17.7. The Bertz CT molecular complexity index is 1040. The van der Waals surface area contributed by atoms with Crippen LogP contribution in [0.25, 0.3) is 11.3 Å². The lowest BCUT2D eigenvalue weighted by atomic mass is 10.0. The molecule has 1 aromatic heterocycles. The van der Waals surface area contributed by atoms with E-state index in [4.69, 9.17) is 14.9 Å². The van der Waals surface area contributed by atoms with Gasteiger partial charge in [0.1, 0.15) is 11.4 Å². The van der Waals surface area contributed by atoms with Gasteiger partial charge in [-0.25, -0.2) is 0 Å². The molecule has 0 atom stereocenters. The molecule has 0 fully saturated rings. The van der Waals surface area contributed by atoms with Crippen LogP contribution in [0.1, 0.15) is 16.7 Å². The van der Waals surface area contributed by atoms with Gasteiger partial charge in [0.2, 0.25) is 5.88 Å². The Hall–Kier alpha value is -3.66. The van der Waals surface area contributed by atoms with Crippen molar-refractivity contribution < 1.29 is 4.74 Å². The number of hydrogen-bond donors (Lipinski definition) is 0. The Morgan fingerprint density at radius 1 is 0.786 bits per heavy atom. The van der Waals surface area contributed by atoms with Crippen LogP contribution in [0.3, 0.4) is 0 Å². The summed E-state index contributed by atoms with van der Waals surface area (Å²) in [6, 6.07) is 30.3. The highest BCUT2D eigenvalue weighted by Gasteiger charge is 2.17. The Kier molecular flexibility index (Phi) is 5.02. The van der Waals surface area contributed by atoms with Gasteiger partial charge in [-0.3, -0.25) is 0 Å². The molecule has 0 unspecified atom stereocenters. The van der Waals surface area contributed by atoms with Gasteiger partial charge in [-0.1, -0.05) is 91.0 Å². The predicted octanol–water partition coefficient (Wildman–Crippen LogP) is 5.17. The van der Waals surface area contributed by atoms with Crippen molar-refractivity contribution >= 4 is 5.71 Å². The van der Waals surface area contributed by atoms with Crippen LogP contribution in [0, 0.1) is 6.92 Å². The third-order valence-electron chi connectivity index (χ3n) is 4.58. The standard InChI is InChI=1S/C24H21N3O/c1-18-22(19-12-6-3-7-13-19)25-27(24(18)28-2)26-23(20-14-8-4-9-15-20)21-16-10-5-11-17-21/h3-17H,1-2H3. The maximum absolute atomic E-state index is 5.64. The summed E-state index contributed by atoms with van der Waals surface area (Å²) in [7, 11) is 1.65. The third kappa shape index (κ3) is 3.45. The molecule has 0 bridgehead atoms. The van der Waals surface area contributed by atoms with E-state index in [0.717, 1.165) is 33.7 Å². The Labute approximate surface area is 164 Å². The summed E-state index contributed by atoms with van der Waals surface area (Å²) in [5.74, 6) is 0.628. The average molecular weight is 367 g/mol. The average Bonchev–Trinajstić information content (AvgIpc) is 3.09. The van der Waals surface area contributed by atoms with E-state index in [0.29, 0.717) is 5.88 Å². The van der Waals surface area contributed by atoms with Gasteiger partial charge < -0.3 is 4.74 Å². The Morgan fingerprint density at radius 3 is 1.79 bits per heavy atom. The largest absolute Gasteiger partial charge is 0.480 e. The number of methoxy groups -OCH3 is 1. The summed E-state index contributed by atoms with van der Waals surface area (Å²) < 4.78 is 5.64. The van der Waals surface area contributed by atoms with Crippen LogP contribution >= 0.6 is 0 Å². The second-order valence-corrected chi connectivity index (χ2v) is 6.42. The molecular formula is C24H21N3O. The number of hydrogen-bond acceptors (Lipinski definition) is 3. The molecular weight excluding hydrogens is 346 g/mol. The lowest BCUT2D eigenvalue weighted by Gasteiger charge is -2.08. The molecule has 4 rings (SSSR count). The number of ether oxygens (including phenoxy) is 1. The zero-order valence-electron chi connectivity index (χ0n) is 15.9. The van der Waals surface area contributed by atoms with E-state index >= 15 is 0 Å². The second-order valence-electron chi connectivity index (χ2n) is 6.42. The van der Waals surface area contributed by atoms with Crippen molar-refractivity contribution in [2.75, 3.05) is 7.11 Å². The van der Waals surface area contributed by atoms with E-state index in [-0.39, 0.29) is 0 Å². The molecule has 4 heteroatoms. The fourth-order valence-corrected chi connectivity index (χ4v) is 3.21. The summed E-state index contributed by atoms with van der Waals surface area (Å²) in [5, 5.41) is 9.62. The van der Waals surface area contributed by atoms with Crippen LogP contribution in [0.4, 0.5) is 0 Å². The number of benzene rings is 3. The first-order valence-electron chi connectivity index (χ1n) is 9.17. The molecule has 0 N–H and O–H groups in total. The van der Waals surface area contributed by atoms with E-state index in [9.17, 15) is 0 Å². The lowest BCUT2D eigenvalue weighted by Crippen LogP contribution is -2.08. The monoisotopic (exact) mass is 367 g/mol. The van der Waals surface area contributed by atoms with Gasteiger partial charge in [0.05, 0.1) is 7.11 Å². The fraction of sp³-hybridized carbons (Fsp3) is 0.0833. The van der Waals surface area contributed by atoms with Crippen LogP contribution in [0.2, 0.25) is 0 Å². The highest BCUT2D eigenvalue weighted by molar-refractivity contribution is 6.12. The van der Waals surface area contributed by atoms with Gasteiger partial charge in [-0.05, 0) is 6.92 Å². The van der Waals surface area contributed by atoms with Crippen molar-refractivity contribution in [3.63, 3.8) is 0 Å². The molecule has 0 aliphatic heterocycles. The highest BCUT2D eigenvalue weighted by atomic mass is 16.5. The van der Waals surface area contributed by atoms with Crippen LogP contribution in [-0.4, -0.2) is 22.7 Å². The maximum Gasteiger partial charge on any atom is 0.238 e. The van der Waals surface area contributed by atoms with E-state index in [1.807, 2.05) is 97.9 Å². The van der Waals surface area contributed by atoms with Crippen LogP contribution in [0.5, 0.6) is 5.88 Å². The van der Waals surface area contributed by atoms with Crippen LogP contribution < -0.4 is 4.74 Å². The Balaban J connectivity index is 1.90. The zero-order valence-corrected chi connectivity index (χ0v) is 15.9. The molecule has 0 saturated heterocycles. The number of nitrogens with zero attached hydrogens (tertiary/aromatic N) is 3. The van der Waals surface area contributed by atoms with Crippen molar-refractivity contribution in [1.29, 1.82) is 0 Å². The zero-order chi connectivity index (χ0) is 19.3. The van der Waals surface area contributed by atoms with Gasteiger partial charge in [0.25, 0.3) is 0 Å². The summed E-state index contributed by atoms with van der Waals surface area (Å²) in [6.07, 6.45) is 0. The summed E-state index contributed by atoms with van der Waals surface area (Å²) >= 11 is 0. The molecule has 0 spiro atoms.